The Balaban J connectivity index is 1.12. The minimum Gasteiger partial charge on any atom is -0.333 e. The number of hydrogen-bond donors (Lipinski definition) is 0. The summed E-state index contributed by atoms with van der Waals surface area (Å²) in [5, 5.41) is 2.65. The normalized spacial score (nSPS) is 24.6. The first-order chi connectivity index (χ1) is 29.0. The van der Waals surface area contributed by atoms with Crippen LogP contribution in [0.5, 0.6) is 0 Å². The molecule has 0 amide bonds. The summed E-state index contributed by atoms with van der Waals surface area (Å²) in [5.74, 6) is 1.19. The molecule has 5 aromatic carbocycles. The fraction of sp³-hybridized carbons (Fsp3) is 0.158. The third-order valence-corrected chi connectivity index (χ3v) is 14.1. The highest BCUT2D eigenvalue weighted by molar-refractivity contribution is 7.26. The number of fused-ring (bicyclic) bond motifs is 9. The summed E-state index contributed by atoms with van der Waals surface area (Å²) in [6.07, 6.45) is 34.4. The van der Waals surface area contributed by atoms with Crippen molar-refractivity contribution in [3.63, 3.8) is 0 Å². The molecule has 5 unspecified atom stereocenters. The van der Waals surface area contributed by atoms with E-state index >= 15 is 0 Å². The molecule has 0 saturated heterocycles. The minimum absolute atomic E-state index is 0.187. The largest absolute Gasteiger partial charge is 0.333 e. The predicted molar refractivity (Wildman–Crippen MR) is 257 cm³/mol. The van der Waals surface area contributed by atoms with Gasteiger partial charge in [0.25, 0.3) is 0 Å². The molecule has 0 saturated carbocycles. The third kappa shape index (κ3) is 6.57. The van der Waals surface area contributed by atoms with Crippen molar-refractivity contribution >= 4 is 48.5 Å². The fourth-order valence-electron chi connectivity index (χ4n) is 10.1. The molecular weight excluding hydrogens is 731 g/mol. The van der Waals surface area contributed by atoms with Crippen LogP contribution in [0.3, 0.4) is 0 Å². The van der Waals surface area contributed by atoms with Crippen molar-refractivity contribution in [3.05, 3.63) is 223 Å². The molecule has 0 radical (unpaired) electrons. The van der Waals surface area contributed by atoms with Crippen LogP contribution in [0.15, 0.2) is 200 Å². The maximum Gasteiger partial charge on any atom is 0.0629 e. The van der Waals surface area contributed by atoms with Gasteiger partial charge in [0.2, 0.25) is 0 Å². The van der Waals surface area contributed by atoms with Crippen LogP contribution in [0.2, 0.25) is 0 Å². The summed E-state index contributed by atoms with van der Waals surface area (Å²) >= 11 is 1.92. The first-order valence-electron chi connectivity index (χ1n) is 21.1. The summed E-state index contributed by atoms with van der Waals surface area (Å²) in [6, 6.07) is 37.5. The Morgan fingerprint density at radius 3 is 2.42 bits per heavy atom. The summed E-state index contributed by atoms with van der Waals surface area (Å²) in [7, 11) is 0. The van der Waals surface area contributed by atoms with Crippen LogP contribution in [0.4, 0.5) is 11.4 Å². The van der Waals surface area contributed by atoms with Crippen LogP contribution in [0.25, 0.3) is 48.0 Å². The van der Waals surface area contributed by atoms with Crippen molar-refractivity contribution in [3.8, 4) is 22.3 Å². The second-order valence-electron chi connectivity index (χ2n) is 16.5. The van der Waals surface area contributed by atoms with E-state index in [1.165, 1.54) is 87.2 Å². The van der Waals surface area contributed by atoms with E-state index in [1.807, 2.05) is 23.5 Å². The SMILES string of the molecule is C=C/C=C\C=C(/C)C1c2ccccc2-c2ccc(-c3ccc4c(c3)N(c3cc(C5=C/C(C)/C=C\C=C/C/C=C\5)c5sc6ccccc6c5c3)C3C=CC=CC43)cc2C1C. The van der Waals surface area contributed by atoms with Crippen molar-refractivity contribution in [1.29, 1.82) is 0 Å². The lowest BCUT2D eigenvalue weighted by Crippen LogP contribution is -2.28. The number of rotatable bonds is 6. The van der Waals surface area contributed by atoms with Gasteiger partial charge in [0.15, 0.2) is 0 Å². The number of allylic oxidation sites excluding steroid dienone is 15. The van der Waals surface area contributed by atoms with Gasteiger partial charge in [-0.1, -0.05) is 190 Å². The van der Waals surface area contributed by atoms with E-state index < -0.39 is 0 Å². The van der Waals surface area contributed by atoms with E-state index in [0.717, 1.165) is 6.42 Å². The quantitative estimate of drug-likeness (QED) is 0.152. The van der Waals surface area contributed by atoms with Crippen molar-refractivity contribution in [1.82, 2.24) is 0 Å². The zero-order valence-electron chi connectivity index (χ0n) is 34.1. The summed E-state index contributed by atoms with van der Waals surface area (Å²) in [6.45, 7) is 10.8. The smallest absolute Gasteiger partial charge is 0.0629 e. The standard InChI is InChI=1S/C57H49NS/c1-5-6-10-20-38(3)56-39(4)50-33-40(28-30-45(50)44-22-13-14-25-49(44)56)41-29-31-47-46-23-15-17-26-53(46)58(54(47)34-41)43-35-51(42-21-12-9-7-8-11-19-37(2)32-42)57-52(36-43)48-24-16-18-27-55(48)59-57/h5-8,10-37,39,46,53,56H,1,9H2,2-4H3/b8-7-,10-6-,19-11-,21-12-,38-20+,42-32+. The lowest BCUT2D eigenvalue weighted by molar-refractivity contribution is 0.638. The molecule has 1 aromatic heterocycles. The van der Waals surface area contributed by atoms with Gasteiger partial charge in [-0.2, -0.15) is 0 Å². The Kier molecular flexibility index (Phi) is 9.75. The first-order valence-corrected chi connectivity index (χ1v) is 21.9. The molecule has 5 atom stereocenters. The van der Waals surface area contributed by atoms with Crippen LogP contribution in [0.1, 0.15) is 67.2 Å². The van der Waals surface area contributed by atoms with E-state index in [1.54, 1.807) is 0 Å². The number of hydrogen-bond acceptors (Lipinski definition) is 2. The Hall–Kier alpha value is -6.22. The van der Waals surface area contributed by atoms with E-state index in [0.29, 0.717) is 17.8 Å². The van der Waals surface area contributed by atoms with E-state index in [4.69, 9.17) is 0 Å². The maximum absolute atomic E-state index is 3.88. The number of thiophene rings is 1. The number of nitrogens with zero attached hydrogens (tertiary/aromatic N) is 1. The van der Waals surface area contributed by atoms with Crippen molar-refractivity contribution < 1.29 is 0 Å². The van der Waals surface area contributed by atoms with Crippen LogP contribution in [-0.4, -0.2) is 6.04 Å². The van der Waals surface area contributed by atoms with Gasteiger partial charge in [0.05, 0.1) is 6.04 Å². The lowest BCUT2D eigenvalue weighted by atomic mass is 9.69. The molecule has 288 valence electrons. The summed E-state index contributed by atoms with van der Waals surface area (Å²) in [5.41, 5.74) is 15.9. The highest BCUT2D eigenvalue weighted by Crippen LogP contribution is 2.53. The summed E-state index contributed by atoms with van der Waals surface area (Å²) < 4.78 is 2.68. The minimum atomic E-state index is 0.187. The zero-order valence-corrected chi connectivity index (χ0v) is 34.9. The van der Waals surface area contributed by atoms with Gasteiger partial charge in [-0.05, 0) is 94.0 Å². The van der Waals surface area contributed by atoms with Gasteiger partial charge in [0.1, 0.15) is 0 Å². The highest BCUT2D eigenvalue weighted by Gasteiger charge is 2.38. The van der Waals surface area contributed by atoms with Crippen molar-refractivity contribution in [2.75, 3.05) is 4.90 Å². The van der Waals surface area contributed by atoms with Crippen LogP contribution in [-0.2, 0) is 0 Å². The van der Waals surface area contributed by atoms with Gasteiger partial charge >= 0.3 is 0 Å². The molecule has 0 spiro atoms. The predicted octanol–water partition coefficient (Wildman–Crippen LogP) is 16.1. The average molecular weight is 780 g/mol. The van der Waals surface area contributed by atoms with E-state index in [9.17, 15) is 0 Å². The maximum atomic E-state index is 3.88. The average Bonchev–Trinajstić information content (AvgIpc) is 3.81. The fourth-order valence-corrected chi connectivity index (χ4v) is 11.3. The molecule has 2 heterocycles. The van der Waals surface area contributed by atoms with Gasteiger partial charge < -0.3 is 4.90 Å². The summed E-state index contributed by atoms with van der Waals surface area (Å²) in [4.78, 5) is 2.63. The van der Waals surface area contributed by atoms with Gasteiger partial charge in [0, 0.05) is 48.9 Å². The Morgan fingerprint density at radius 1 is 0.712 bits per heavy atom. The first kappa shape index (κ1) is 37.1. The molecule has 1 nitrogen and oxygen atoms in total. The molecule has 1 aliphatic heterocycles. The Labute approximate surface area is 353 Å². The molecular formula is C57H49NS. The van der Waals surface area contributed by atoms with E-state index in [-0.39, 0.29) is 12.0 Å². The van der Waals surface area contributed by atoms with Crippen LogP contribution < -0.4 is 4.90 Å². The monoisotopic (exact) mass is 779 g/mol. The lowest BCUT2D eigenvalue weighted by Gasteiger charge is -2.35. The second kappa shape index (κ2) is 15.5. The third-order valence-electron chi connectivity index (χ3n) is 12.8. The van der Waals surface area contributed by atoms with Crippen molar-refractivity contribution in [2.24, 2.45) is 5.92 Å². The molecule has 3 aliphatic carbocycles. The van der Waals surface area contributed by atoms with Gasteiger partial charge in [-0.3, -0.25) is 0 Å². The number of benzene rings is 5. The van der Waals surface area contributed by atoms with E-state index in [2.05, 4.69) is 208 Å². The highest BCUT2D eigenvalue weighted by atomic mass is 32.1. The van der Waals surface area contributed by atoms with Gasteiger partial charge in [-0.15, -0.1) is 11.3 Å². The molecule has 59 heavy (non-hydrogen) atoms. The van der Waals surface area contributed by atoms with Crippen LogP contribution in [0, 0.1) is 5.92 Å². The molecule has 6 aromatic rings. The second-order valence-corrected chi connectivity index (χ2v) is 17.6. The zero-order chi connectivity index (χ0) is 40.0. The Morgan fingerprint density at radius 2 is 1.51 bits per heavy atom. The molecule has 4 aliphatic rings. The molecule has 10 rings (SSSR count). The van der Waals surface area contributed by atoms with Crippen LogP contribution >= 0.6 is 11.3 Å². The number of anilines is 2. The Bertz CT molecular complexity index is 2900. The molecule has 0 N–H and O–H groups in total. The van der Waals surface area contributed by atoms with Gasteiger partial charge in [-0.25, -0.2) is 0 Å². The molecule has 2 heteroatoms. The topological polar surface area (TPSA) is 3.24 Å². The molecule has 0 bridgehead atoms. The molecule has 0 fully saturated rings. The van der Waals surface area contributed by atoms with Crippen molar-refractivity contribution in [2.45, 2.75) is 51.0 Å².